The van der Waals surface area contributed by atoms with Crippen molar-refractivity contribution in [3.05, 3.63) is 22.8 Å². The lowest BCUT2D eigenvalue weighted by molar-refractivity contribution is 0.372. The molecule has 0 amide bonds. The summed E-state index contributed by atoms with van der Waals surface area (Å²) in [7, 11) is 0. The lowest BCUT2D eigenvalue weighted by atomic mass is 9.91. The quantitative estimate of drug-likeness (QED) is 0.919. The summed E-state index contributed by atoms with van der Waals surface area (Å²) in [5.41, 5.74) is 6.92. The average molecular weight is 352 g/mol. The highest BCUT2D eigenvalue weighted by Crippen LogP contribution is 2.26. The highest BCUT2D eigenvalue weighted by atomic mass is 79.9. The standard InChI is InChI=1S/C15H22BrN5/c1-2-9-20(13-6-4-12(17)5-7-13)15-18-14-8-3-11(16)10-21(14)19-15/h3,8,10,12-13H,2,4-7,9,17H2,1H3. The molecule has 0 bridgehead atoms. The minimum atomic E-state index is 0.370. The fourth-order valence-corrected chi connectivity index (χ4v) is 3.39. The Labute approximate surface area is 133 Å². The zero-order valence-electron chi connectivity index (χ0n) is 12.4. The average Bonchev–Trinajstić information content (AvgIpc) is 2.88. The molecule has 0 saturated heterocycles. The zero-order chi connectivity index (χ0) is 14.8. The van der Waals surface area contributed by atoms with Gasteiger partial charge in [-0.1, -0.05) is 6.92 Å². The van der Waals surface area contributed by atoms with Gasteiger partial charge in [0.25, 0.3) is 0 Å². The van der Waals surface area contributed by atoms with E-state index < -0.39 is 0 Å². The van der Waals surface area contributed by atoms with Crippen molar-refractivity contribution in [1.82, 2.24) is 14.6 Å². The Balaban J connectivity index is 1.87. The third-order valence-electron chi connectivity index (χ3n) is 4.19. The highest BCUT2D eigenvalue weighted by molar-refractivity contribution is 9.10. The van der Waals surface area contributed by atoms with Crippen LogP contribution in [0.15, 0.2) is 22.8 Å². The molecule has 21 heavy (non-hydrogen) atoms. The van der Waals surface area contributed by atoms with Crippen LogP contribution in [0.25, 0.3) is 5.65 Å². The fourth-order valence-electron chi connectivity index (χ4n) is 3.07. The molecule has 2 heterocycles. The number of fused-ring (bicyclic) bond motifs is 1. The van der Waals surface area contributed by atoms with Crippen LogP contribution in [0, 0.1) is 0 Å². The summed E-state index contributed by atoms with van der Waals surface area (Å²) in [5, 5.41) is 4.66. The molecule has 0 radical (unpaired) electrons. The summed E-state index contributed by atoms with van der Waals surface area (Å²) in [5.74, 6) is 0.843. The van der Waals surface area contributed by atoms with Gasteiger partial charge in [-0.05, 0) is 60.2 Å². The molecule has 3 rings (SSSR count). The minimum Gasteiger partial charge on any atom is -0.337 e. The van der Waals surface area contributed by atoms with E-state index in [0.717, 1.165) is 54.7 Å². The molecule has 1 aliphatic rings. The SMILES string of the molecule is CCCN(c1nc2ccc(Br)cn2n1)C1CCC(N)CC1. The molecule has 2 aromatic heterocycles. The van der Waals surface area contributed by atoms with Gasteiger partial charge >= 0.3 is 0 Å². The van der Waals surface area contributed by atoms with Crippen LogP contribution in [-0.4, -0.2) is 33.2 Å². The predicted molar refractivity (Wildman–Crippen MR) is 88.6 cm³/mol. The van der Waals surface area contributed by atoms with E-state index in [2.05, 4.69) is 32.9 Å². The van der Waals surface area contributed by atoms with Crippen LogP contribution in [0.2, 0.25) is 0 Å². The number of hydrogen-bond donors (Lipinski definition) is 1. The Morgan fingerprint density at radius 1 is 1.33 bits per heavy atom. The number of rotatable bonds is 4. The van der Waals surface area contributed by atoms with Crippen molar-refractivity contribution in [3.63, 3.8) is 0 Å². The highest BCUT2D eigenvalue weighted by Gasteiger charge is 2.26. The van der Waals surface area contributed by atoms with Crippen molar-refractivity contribution in [1.29, 1.82) is 0 Å². The monoisotopic (exact) mass is 351 g/mol. The Bertz CT molecular complexity index is 603. The number of halogens is 1. The lowest BCUT2D eigenvalue weighted by Gasteiger charge is -2.35. The van der Waals surface area contributed by atoms with Crippen LogP contribution >= 0.6 is 15.9 Å². The predicted octanol–water partition coefficient (Wildman–Crippen LogP) is 2.98. The van der Waals surface area contributed by atoms with E-state index in [0.29, 0.717) is 12.1 Å². The molecule has 2 N–H and O–H groups in total. The second-order valence-electron chi connectivity index (χ2n) is 5.82. The molecule has 0 atom stereocenters. The summed E-state index contributed by atoms with van der Waals surface area (Å²) in [4.78, 5) is 7.06. The fraction of sp³-hybridized carbons (Fsp3) is 0.600. The van der Waals surface area contributed by atoms with Gasteiger partial charge in [-0.2, -0.15) is 4.98 Å². The molecule has 0 spiro atoms. The molecule has 1 saturated carbocycles. The first-order valence-electron chi connectivity index (χ1n) is 7.71. The van der Waals surface area contributed by atoms with Crippen LogP contribution in [-0.2, 0) is 0 Å². The number of nitrogens with zero attached hydrogens (tertiary/aromatic N) is 4. The van der Waals surface area contributed by atoms with Crippen molar-refractivity contribution in [2.24, 2.45) is 5.73 Å². The van der Waals surface area contributed by atoms with Crippen LogP contribution < -0.4 is 10.6 Å². The van der Waals surface area contributed by atoms with E-state index in [1.54, 1.807) is 0 Å². The molecule has 114 valence electrons. The van der Waals surface area contributed by atoms with Crippen molar-refractivity contribution in [3.8, 4) is 0 Å². The van der Waals surface area contributed by atoms with E-state index in [9.17, 15) is 0 Å². The van der Waals surface area contributed by atoms with Gasteiger partial charge in [-0.15, -0.1) is 5.10 Å². The van der Waals surface area contributed by atoms with Gasteiger partial charge in [0.05, 0.1) is 0 Å². The summed E-state index contributed by atoms with van der Waals surface area (Å²) in [6, 6.07) is 4.87. The zero-order valence-corrected chi connectivity index (χ0v) is 14.0. The van der Waals surface area contributed by atoms with E-state index in [-0.39, 0.29) is 0 Å². The number of pyridine rings is 1. The van der Waals surface area contributed by atoms with Gasteiger partial charge in [0.15, 0.2) is 5.65 Å². The van der Waals surface area contributed by atoms with Crippen LogP contribution in [0.1, 0.15) is 39.0 Å². The van der Waals surface area contributed by atoms with Gasteiger partial charge < -0.3 is 10.6 Å². The molecular weight excluding hydrogens is 330 g/mol. The first-order chi connectivity index (χ1) is 10.2. The Morgan fingerprint density at radius 3 is 2.81 bits per heavy atom. The van der Waals surface area contributed by atoms with E-state index in [1.807, 2.05) is 22.8 Å². The lowest BCUT2D eigenvalue weighted by Crippen LogP contribution is -2.42. The van der Waals surface area contributed by atoms with E-state index in [4.69, 9.17) is 10.7 Å². The summed E-state index contributed by atoms with van der Waals surface area (Å²) in [6.07, 6.45) is 7.53. The number of aromatic nitrogens is 3. The third kappa shape index (κ3) is 3.21. The second-order valence-corrected chi connectivity index (χ2v) is 6.74. The van der Waals surface area contributed by atoms with E-state index >= 15 is 0 Å². The Morgan fingerprint density at radius 2 is 2.10 bits per heavy atom. The molecule has 2 aromatic rings. The normalized spacial score (nSPS) is 22.6. The maximum Gasteiger partial charge on any atom is 0.245 e. The summed E-state index contributed by atoms with van der Waals surface area (Å²) in [6.45, 7) is 3.20. The molecular formula is C15H22BrN5. The van der Waals surface area contributed by atoms with Gasteiger partial charge in [0.1, 0.15) is 0 Å². The van der Waals surface area contributed by atoms with Crippen molar-refractivity contribution in [2.45, 2.75) is 51.1 Å². The van der Waals surface area contributed by atoms with Crippen LogP contribution in [0.5, 0.6) is 0 Å². The van der Waals surface area contributed by atoms with Crippen molar-refractivity contribution >= 4 is 27.5 Å². The molecule has 0 aliphatic heterocycles. The molecule has 5 nitrogen and oxygen atoms in total. The first kappa shape index (κ1) is 14.8. The van der Waals surface area contributed by atoms with Gasteiger partial charge in [-0.25, -0.2) is 4.52 Å². The molecule has 1 aliphatic carbocycles. The number of nitrogens with two attached hydrogens (primary N) is 1. The van der Waals surface area contributed by atoms with E-state index in [1.165, 1.54) is 0 Å². The van der Waals surface area contributed by atoms with Gasteiger partial charge in [-0.3, -0.25) is 0 Å². The Kier molecular flexibility index (Phi) is 4.45. The maximum atomic E-state index is 6.03. The summed E-state index contributed by atoms with van der Waals surface area (Å²) < 4.78 is 2.86. The molecule has 6 heteroatoms. The second kappa shape index (κ2) is 6.32. The largest absolute Gasteiger partial charge is 0.337 e. The van der Waals surface area contributed by atoms with Crippen molar-refractivity contribution in [2.75, 3.05) is 11.4 Å². The third-order valence-corrected chi connectivity index (χ3v) is 4.66. The maximum absolute atomic E-state index is 6.03. The van der Waals surface area contributed by atoms with Gasteiger partial charge in [0.2, 0.25) is 5.95 Å². The van der Waals surface area contributed by atoms with Crippen molar-refractivity contribution < 1.29 is 0 Å². The number of anilines is 1. The van der Waals surface area contributed by atoms with Crippen LogP contribution in [0.3, 0.4) is 0 Å². The number of hydrogen-bond acceptors (Lipinski definition) is 4. The summed E-state index contributed by atoms with van der Waals surface area (Å²) >= 11 is 3.48. The van der Waals surface area contributed by atoms with Gasteiger partial charge in [0, 0.05) is 29.3 Å². The smallest absolute Gasteiger partial charge is 0.245 e. The molecule has 1 fully saturated rings. The topological polar surface area (TPSA) is 59.5 Å². The Hall–Kier alpha value is -1.14. The first-order valence-corrected chi connectivity index (χ1v) is 8.51. The molecule has 0 unspecified atom stereocenters. The molecule has 0 aromatic carbocycles. The minimum absolute atomic E-state index is 0.370. The van der Waals surface area contributed by atoms with Crippen LogP contribution in [0.4, 0.5) is 5.95 Å².